The molecule has 0 aliphatic heterocycles. The number of nitrogens with one attached hydrogen (secondary N) is 1. The van der Waals surface area contributed by atoms with E-state index in [1.807, 2.05) is 0 Å². The molecule has 0 aliphatic carbocycles. The number of aromatic nitrogens is 2. The van der Waals surface area contributed by atoms with E-state index in [0.29, 0.717) is 0 Å². The van der Waals surface area contributed by atoms with E-state index in [9.17, 15) is 0 Å². The molecular weight excluding hydrogens is 210 g/mol. The lowest BCUT2D eigenvalue weighted by atomic mass is 10.3. The van der Waals surface area contributed by atoms with E-state index in [-0.39, 0.29) is 12.6 Å². The van der Waals surface area contributed by atoms with Crippen LogP contribution in [0.4, 0.5) is 0 Å². The second kappa shape index (κ2) is 7.62. The zero-order valence-corrected chi connectivity index (χ0v) is 9.70. The molecule has 0 radical (unpaired) electrons. The third-order valence-electron chi connectivity index (χ3n) is 1.86. The third-order valence-corrected chi connectivity index (χ3v) is 2.90. The predicted molar refractivity (Wildman–Crippen MR) is 61.9 cm³/mol. The topological polar surface area (TPSA) is 58.0 Å². The molecule has 1 aromatic heterocycles. The number of thioether (sulfide) groups is 1. The molecule has 0 bridgehead atoms. The van der Waals surface area contributed by atoms with Crippen LogP contribution in [0.25, 0.3) is 0 Å². The molecule has 0 fully saturated rings. The highest BCUT2D eigenvalue weighted by Gasteiger charge is 2.07. The molecule has 0 aromatic carbocycles. The van der Waals surface area contributed by atoms with Crippen LogP contribution in [0.15, 0.2) is 23.6 Å². The fourth-order valence-electron chi connectivity index (χ4n) is 1.06. The standard InChI is InChI=1S/C10H17N3OS/c1-2-4-11-9(7-14)8-15-10-12-5-3-6-13-10/h3,5-6,9,11,14H,2,4,7-8H2,1H3. The zero-order valence-electron chi connectivity index (χ0n) is 8.89. The average Bonchev–Trinajstić information content (AvgIpc) is 2.31. The van der Waals surface area contributed by atoms with Crippen LogP contribution in [0.1, 0.15) is 13.3 Å². The second-order valence-electron chi connectivity index (χ2n) is 3.18. The minimum atomic E-state index is 0.124. The first-order valence-electron chi connectivity index (χ1n) is 5.11. The molecule has 0 saturated heterocycles. The first kappa shape index (κ1) is 12.4. The minimum absolute atomic E-state index is 0.124. The molecule has 0 amide bonds. The monoisotopic (exact) mass is 227 g/mol. The number of hydrogen-bond donors (Lipinski definition) is 2. The molecular formula is C10H17N3OS. The van der Waals surface area contributed by atoms with Gasteiger partial charge < -0.3 is 10.4 Å². The minimum Gasteiger partial charge on any atom is -0.395 e. The molecule has 0 aliphatic rings. The summed E-state index contributed by atoms with van der Waals surface area (Å²) in [5.41, 5.74) is 0. The molecule has 2 N–H and O–H groups in total. The maximum Gasteiger partial charge on any atom is 0.187 e. The van der Waals surface area contributed by atoms with Gasteiger partial charge in [-0.2, -0.15) is 0 Å². The molecule has 15 heavy (non-hydrogen) atoms. The van der Waals surface area contributed by atoms with Crippen molar-refractivity contribution in [2.24, 2.45) is 0 Å². The maximum absolute atomic E-state index is 9.11. The summed E-state index contributed by atoms with van der Waals surface area (Å²) in [6.45, 7) is 3.19. The van der Waals surface area contributed by atoms with Crippen LogP contribution >= 0.6 is 11.8 Å². The van der Waals surface area contributed by atoms with E-state index in [1.54, 1.807) is 30.2 Å². The fourth-order valence-corrected chi connectivity index (χ4v) is 1.90. The van der Waals surface area contributed by atoms with E-state index in [1.165, 1.54) is 0 Å². The summed E-state index contributed by atoms with van der Waals surface area (Å²) in [6.07, 6.45) is 4.52. The van der Waals surface area contributed by atoms with Crippen molar-refractivity contribution in [3.8, 4) is 0 Å². The van der Waals surface area contributed by atoms with Crippen molar-refractivity contribution in [3.63, 3.8) is 0 Å². The Labute approximate surface area is 94.5 Å². The zero-order chi connectivity index (χ0) is 10.9. The van der Waals surface area contributed by atoms with Gasteiger partial charge in [0.05, 0.1) is 6.61 Å². The number of aliphatic hydroxyl groups is 1. The first-order valence-corrected chi connectivity index (χ1v) is 6.09. The number of nitrogens with zero attached hydrogens (tertiary/aromatic N) is 2. The van der Waals surface area contributed by atoms with Crippen LogP contribution in [0.2, 0.25) is 0 Å². The van der Waals surface area contributed by atoms with Gasteiger partial charge in [0.15, 0.2) is 5.16 Å². The normalized spacial score (nSPS) is 12.7. The van der Waals surface area contributed by atoms with Crippen molar-refractivity contribution in [2.75, 3.05) is 18.9 Å². The Morgan fingerprint density at radius 2 is 2.20 bits per heavy atom. The van der Waals surface area contributed by atoms with Crippen molar-refractivity contribution in [2.45, 2.75) is 24.5 Å². The van der Waals surface area contributed by atoms with Gasteiger partial charge in [0.25, 0.3) is 0 Å². The smallest absolute Gasteiger partial charge is 0.187 e. The molecule has 1 heterocycles. The van der Waals surface area contributed by atoms with Gasteiger partial charge in [-0.15, -0.1) is 0 Å². The number of aliphatic hydroxyl groups excluding tert-OH is 1. The summed E-state index contributed by atoms with van der Waals surface area (Å²) in [5, 5.41) is 13.1. The molecule has 5 heteroatoms. The summed E-state index contributed by atoms with van der Waals surface area (Å²) < 4.78 is 0. The molecule has 4 nitrogen and oxygen atoms in total. The maximum atomic E-state index is 9.11. The Bertz CT molecular complexity index is 258. The summed E-state index contributed by atoms with van der Waals surface area (Å²) in [4.78, 5) is 8.22. The summed E-state index contributed by atoms with van der Waals surface area (Å²) in [6, 6.07) is 1.92. The number of hydrogen-bond acceptors (Lipinski definition) is 5. The van der Waals surface area contributed by atoms with E-state index >= 15 is 0 Å². The largest absolute Gasteiger partial charge is 0.395 e. The van der Waals surface area contributed by atoms with Gasteiger partial charge in [-0.25, -0.2) is 9.97 Å². The average molecular weight is 227 g/mol. The Kier molecular flexibility index (Phi) is 6.31. The molecule has 1 aromatic rings. The van der Waals surface area contributed by atoms with Gasteiger partial charge in [0.1, 0.15) is 0 Å². The van der Waals surface area contributed by atoms with Crippen molar-refractivity contribution in [3.05, 3.63) is 18.5 Å². The summed E-state index contributed by atoms with van der Waals surface area (Å²) in [5.74, 6) is 0.792. The molecule has 1 unspecified atom stereocenters. The lowest BCUT2D eigenvalue weighted by molar-refractivity contribution is 0.254. The van der Waals surface area contributed by atoms with Crippen molar-refractivity contribution in [1.29, 1.82) is 0 Å². The van der Waals surface area contributed by atoms with Crippen LogP contribution in [-0.2, 0) is 0 Å². The van der Waals surface area contributed by atoms with Crippen LogP contribution in [0.3, 0.4) is 0 Å². The highest BCUT2D eigenvalue weighted by atomic mass is 32.2. The van der Waals surface area contributed by atoms with Crippen molar-refractivity contribution in [1.82, 2.24) is 15.3 Å². The van der Waals surface area contributed by atoms with Crippen LogP contribution in [-0.4, -0.2) is 40.0 Å². The Morgan fingerprint density at radius 3 is 2.80 bits per heavy atom. The molecule has 1 rings (SSSR count). The highest BCUT2D eigenvalue weighted by Crippen LogP contribution is 2.11. The summed E-state index contributed by atoms with van der Waals surface area (Å²) >= 11 is 1.56. The Balaban J connectivity index is 2.28. The molecule has 0 saturated carbocycles. The van der Waals surface area contributed by atoms with Gasteiger partial charge in [-0.05, 0) is 19.0 Å². The third kappa shape index (κ3) is 5.11. The van der Waals surface area contributed by atoms with Gasteiger partial charge in [0, 0.05) is 24.2 Å². The Morgan fingerprint density at radius 1 is 1.47 bits per heavy atom. The predicted octanol–water partition coefficient (Wildman–Crippen LogP) is 0.929. The summed E-state index contributed by atoms with van der Waals surface area (Å²) in [7, 11) is 0. The van der Waals surface area contributed by atoms with E-state index in [4.69, 9.17) is 5.11 Å². The highest BCUT2D eigenvalue weighted by molar-refractivity contribution is 7.99. The van der Waals surface area contributed by atoms with Crippen LogP contribution < -0.4 is 5.32 Å². The van der Waals surface area contributed by atoms with Crippen molar-refractivity contribution >= 4 is 11.8 Å². The lowest BCUT2D eigenvalue weighted by Crippen LogP contribution is -2.35. The van der Waals surface area contributed by atoms with Gasteiger partial charge in [0.2, 0.25) is 0 Å². The molecule has 84 valence electrons. The SMILES string of the molecule is CCCNC(CO)CSc1ncccn1. The molecule has 0 spiro atoms. The van der Waals surface area contributed by atoms with E-state index in [2.05, 4.69) is 22.2 Å². The van der Waals surface area contributed by atoms with Gasteiger partial charge >= 0.3 is 0 Å². The Hall–Kier alpha value is -0.650. The quantitative estimate of drug-likeness (QED) is 0.536. The van der Waals surface area contributed by atoms with Crippen LogP contribution in [0.5, 0.6) is 0 Å². The first-order chi connectivity index (χ1) is 7.36. The lowest BCUT2D eigenvalue weighted by Gasteiger charge is -2.14. The molecule has 1 atom stereocenters. The fraction of sp³-hybridized carbons (Fsp3) is 0.600. The van der Waals surface area contributed by atoms with E-state index in [0.717, 1.165) is 23.9 Å². The second-order valence-corrected chi connectivity index (χ2v) is 4.16. The van der Waals surface area contributed by atoms with Crippen molar-refractivity contribution < 1.29 is 5.11 Å². The number of rotatable bonds is 7. The van der Waals surface area contributed by atoms with Gasteiger partial charge in [-0.1, -0.05) is 18.7 Å². The van der Waals surface area contributed by atoms with Gasteiger partial charge in [-0.3, -0.25) is 0 Å². The van der Waals surface area contributed by atoms with E-state index < -0.39 is 0 Å². The van der Waals surface area contributed by atoms with Crippen LogP contribution in [0, 0.1) is 0 Å².